The smallest absolute Gasteiger partial charge is 0.152 e. The molecule has 0 rings (SSSR count). The second kappa shape index (κ2) is 9.83. The van der Waals surface area contributed by atoms with E-state index in [4.69, 9.17) is 0 Å². The summed E-state index contributed by atoms with van der Waals surface area (Å²) in [7, 11) is 0. The van der Waals surface area contributed by atoms with Gasteiger partial charge in [-0.1, -0.05) is 6.58 Å². The predicted molar refractivity (Wildman–Crippen MR) is 20.9 cm³/mol. The second-order valence-electron chi connectivity index (χ2n) is 0.815. The first-order valence-corrected chi connectivity index (χ1v) is 1.40. The van der Waals surface area contributed by atoms with Crippen LogP contribution in [0.25, 0.3) is 0 Å². The average molecular weight is 242 g/mol. The maximum Gasteiger partial charge on any atom is 0.152 e. The summed E-state index contributed by atoms with van der Waals surface area (Å²) in [5.74, 6) is 0.0185. The van der Waals surface area contributed by atoms with Crippen molar-refractivity contribution >= 4 is 5.78 Å². The van der Waals surface area contributed by atoms with Gasteiger partial charge in [-0.15, -0.1) is 0 Å². The average Bonchev–Trinajstić information content (AvgIpc) is 1.38. The van der Waals surface area contributed by atoms with E-state index < -0.39 is 0 Å². The Morgan fingerprint density at radius 3 is 1.86 bits per heavy atom. The number of hydrogen-bond donors (Lipinski definition) is 0. The first kappa shape index (κ1) is 15.6. The molecule has 0 spiro atoms. The Labute approximate surface area is 69.5 Å². The molecule has 2 radical (unpaired) electrons. The predicted octanol–water partition coefficient (Wildman–Crippen LogP) is 0.756. The Morgan fingerprint density at radius 1 is 1.71 bits per heavy atom. The number of rotatable bonds is 1. The fourth-order valence-corrected chi connectivity index (χ4v) is 0. The van der Waals surface area contributed by atoms with Crippen LogP contribution >= 0.6 is 0 Å². The third-order valence-corrected chi connectivity index (χ3v) is 0.287. The van der Waals surface area contributed by atoms with Crippen LogP contribution in [0.3, 0.4) is 0 Å². The number of hydrogen-bond acceptors (Lipinski definition) is 1. The maximum atomic E-state index is 9.69. The largest absolute Gasteiger partial charge is 0.295 e. The summed E-state index contributed by atoms with van der Waals surface area (Å²) < 4.78 is 0. The van der Waals surface area contributed by atoms with Gasteiger partial charge in [-0.2, -0.15) is 0 Å². The van der Waals surface area contributed by atoms with Crippen LogP contribution in [0.2, 0.25) is 0 Å². The van der Waals surface area contributed by atoms with E-state index in [2.05, 4.69) is 6.58 Å². The van der Waals surface area contributed by atoms with E-state index in [1.54, 1.807) is 0 Å². The third kappa shape index (κ3) is 20.4. The van der Waals surface area contributed by atoms with Gasteiger partial charge in [0.2, 0.25) is 0 Å². The van der Waals surface area contributed by atoms with Gasteiger partial charge in [0.05, 0.1) is 0 Å². The number of ketones is 1. The standard InChI is InChI=1S/C4H6O.Ag.Cu/c1-3-4(2)5;;/h3H,1H2,2H3;;. The van der Waals surface area contributed by atoms with Crippen LogP contribution in [0, 0.1) is 0 Å². The molecule has 50 valence electrons. The quantitative estimate of drug-likeness (QED) is 0.489. The molecule has 0 atom stereocenters. The fourth-order valence-electron chi connectivity index (χ4n) is 0. The molecule has 0 saturated heterocycles. The Morgan fingerprint density at radius 2 is 1.86 bits per heavy atom. The van der Waals surface area contributed by atoms with Crippen LogP contribution in [0.4, 0.5) is 0 Å². The van der Waals surface area contributed by atoms with Crippen molar-refractivity contribution in [3.63, 3.8) is 0 Å². The maximum absolute atomic E-state index is 9.69. The van der Waals surface area contributed by atoms with Gasteiger partial charge in [-0.25, -0.2) is 0 Å². The molecule has 1 nitrogen and oxygen atoms in total. The number of allylic oxidation sites excluding steroid dienone is 1. The van der Waals surface area contributed by atoms with Gasteiger partial charge in [0.15, 0.2) is 5.78 Å². The van der Waals surface area contributed by atoms with Crippen molar-refractivity contribution in [1.82, 2.24) is 0 Å². The number of carbonyl (C=O) groups excluding carboxylic acids is 1. The number of carbonyl (C=O) groups is 1. The van der Waals surface area contributed by atoms with E-state index in [1.165, 1.54) is 13.0 Å². The van der Waals surface area contributed by atoms with Gasteiger partial charge >= 0.3 is 0 Å². The fraction of sp³-hybridized carbons (Fsp3) is 0.250. The molecule has 0 unspecified atom stereocenters. The molecule has 0 aromatic carbocycles. The minimum absolute atomic E-state index is 0. The van der Waals surface area contributed by atoms with Crippen molar-refractivity contribution < 1.29 is 44.2 Å². The van der Waals surface area contributed by atoms with Crippen molar-refractivity contribution in [2.45, 2.75) is 6.92 Å². The first-order valence-electron chi connectivity index (χ1n) is 1.40. The van der Waals surface area contributed by atoms with Crippen LogP contribution in [0.1, 0.15) is 6.92 Å². The molecule has 7 heavy (non-hydrogen) atoms. The van der Waals surface area contributed by atoms with Crippen LogP contribution in [0.15, 0.2) is 12.7 Å². The van der Waals surface area contributed by atoms with Gasteiger partial charge in [-0.3, -0.25) is 4.79 Å². The molecule has 0 aromatic rings. The van der Waals surface area contributed by atoms with E-state index in [0.29, 0.717) is 0 Å². The molecule has 0 bridgehead atoms. The molecule has 0 heterocycles. The van der Waals surface area contributed by atoms with E-state index in [9.17, 15) is 4.79 Å². The second-order valence-corrected chi connectivity index (χ2v) is 0.815. The molecular formula is C4H6AgCuO. The minimum atomic E-state index is 0. The molecule has 0 aliphatic heterocycles. The van der Waals surface area contributed by atoms with Crippen molar-refractivity contribution in [3.8, 4) is 0 Å². The van der Waals surface area contributed by atoms with Crippen LogP contribution in [-0.4, -0.2) is 5.78 Å². The molecular weight excluding hydrogens is 235 g/mol. The van der Waals surface area contributed by atoms with Gasteiger partial charge in [0.25, 0.3) is 0 Å². The van der Waals surface area contributed by atoms with Gasteiger partial charge in [-0.05, 0) is 13.0 Å². The van der Waals surface area contributed by atoms with E-state index in [-0.39, 0.29) is 45.2 Å². The van der Waals surface area contributed by atoms with Crippen LogP contribution in [0.5, 0.6) is 0 Å². The normalized spacial score (nSPS) is 4.71. The molecule has 0 amide bonds. The Bertz CT molecular complexity index is 62.7. The van der Waals surface area contributed by atoms with Crippen molar-refractivity contribution in [1.29, 1.82) is 0 Å². The Hall–Kier alpha value is 0.670. The molecule has 3 heteroatoms. The zero-order valence-corrected chi connectivity index (χ0v) is 6.22. The Kier molecular flexibility index (Phi) is 22.0. The summed E-state index contributed by atoms with van der Waals surface area (Å²) >= 11 is 0. The van der Waals surface area contributed by atoms with E-state index >= 15 is 0 Å². The minimum Gasteiger partial charge on any atom is -0.295 e. The SMILES string of the molecule is C=CC(C)=O.[Ag].[Cu]. The van der Waals surface area contributed by atoms with Gasteiger partial charge < -0.3 is 0 Å². The molecule has 0 fully saturated rings. The topological polar surface area (TPSA) is 17.1 Å². The molecule has 0 aliphatic rings. The molecule has 0 N–H and O–H groups in total. The van der Waals surface area contributed by atoms with Crippen molar-refractivity contribution in [2.24, 2.45) is 0 Å². The van der Waals surface area contributed by atoms with Crippen LogP contribution < -0.4 is 0 Å². The summed E-state index contributed by atoms with van der Waals surface area (Å²) in [6.45, 7) is 4.68. The monoisotopic (exact) mass is 240 g/mol. The zero-order chi connectivity index (χ0) is 4.28. The summed E-state index contributed by atoms with van der Waals surface area (Å²) in [6.07, 6.45) is 1.28. The van der Waals surface area contributed by atoms with Gasteiger partial charge in [0.1, 0.15) is 0 Å². The van der Waals surface area contributed by atoms with E-state index in [1.807, 2.05) is 0 Å². The molecule has 0 saturated carbocycles. The van der Waals surface area contributed by atoms with E-state index in [0.717, 1.165) is 0 Å². The third-order valence-electron chi connectivity index (χ3n) is 0.287. The summed E-state index contributed by atoms with van der Waals surface area (Å²) in [6, 6.07) is 0. The summed E-state index contributed by atoms with van der Waals surface area (Å²) in [5.41, 5.74) is 0. The summed E-state index contributed by atoms with van der Waals surface area (Å²) in [5, 5.41) is 0. The molecule has 0 aromatic heterocycles. The first-order chi connectivity index (χ1) is 2.27. The van der Waals surface area contributed by atoms with Crippen LogP contribution in [-0.2, 0) is 44.2 Å². The molecule has 0 aliphatic carbocycles. The summed E-state index contributed by atoms with van der Waals surface area (Å²) in [4.78, 5) is 9.69. The van der Waals surface area contributed by atoms with Gasteiger partial charge in [0, 0.05) is 39.4 Å². The van der Waals surface area contributed by atoms with Crippen molar-refractivity contribution in [2.75, 3.05) is 0 Å². The Balaban J connectivity index is -0.0000000800. The van der Waals surface area contributed by atoms with Crippen molar-refractivity contribution in [3.05, 3.63) is 12.7 Å². The zero-order valence-electron chi connectivity index (χ0n) is 3.80.